The van der Waals surface area contributed by atoms with E-state index in [0.29, 0.717) is 23.5 Å². The van der Waals surface area contributed by atoms with Gasteiger partial charge in [0.15, 0.2) is 17.3 Å². The van der Waals surface area contributed by atoms with E-state index in [2.05, 4.69) is 40.9 Å². The zero-order valence-corrected chi connectivity index (χ0v) is 11.5. The Kier molecular flexibility index (Phi) is 2.69. The molecule has 0 bridgehead atoms. The Morgan fingerprint density at radius 3 is 2.95 bits per heavy atom. The van der Waals surface area contributed by atoms with Gasteiger partial charge in [-0.25, -0.2) is 4.98 Å². The summed E-state index contributed by atoms with van der Waals surface area (Å²) in [6.45, 7) is 0. The van der Waals surface area contributed by atoms with Crippen LogP contribution in [0.3, 0.4) is 0 Å². The topological polar surface area (TPSA) is 109 Å². The Balaban J connectivity index is 1.68. The first-order valence-electron chi connectivity index (χ1n) is 6.89. The van der Waals surface area contributed by atoms with Gasteiger partial charge in [0, 0.05) is 13.1 Å². The third kappa shape index (κ3) is 2.26. The Labute approximate surface area is 120 Å². The Hall–Kier alpha value is -2.71. The van der Waals surface area contributed by atoms with Crippen molar-refractivity contribution in [2.24, 2.45) is 7.05 Å². The van der Waals surface area contributed by atoms with Gasteiger partial charge >= 0.3 is 0 Å². The van der Waals surface area contributed by atoms with Crippen molar-refractivity contribution in [1.82, 2.24) is 34.9 Å². The standard InChI is InChI=1S/C12H15N9/c1-21-5-8(19-20-21)16-12-17-10-9(13-6-14-10)11(18-12)15-7-3-2-4-7/h5-7H,2-4H2,1H3,(H3,13,14,15,16,17,18). The molecule has 4 rings (SSSR count). The fraction of sp³-hybridized carbons (Fsp3) is 0.417. The SMILES string of the molecule is Cn1cc(Nc2nc(NC3CCC3)c3[nH]cnc3n2)nn1. The molecule has 1 aliphatic rings. The number of aromatic amines is 1. The van der Waals surface area contributed by atoms with Gasteiger partial charge in [-0.15, -0.1) is 5.10 Å². The molecule has 9 nitrogen and oxygen atoms in total. The van der Waals surface area contributed by atoms with E-state index in [0.717, 1.165) is 11.3 Å². The van der Waals surface area contributed by atoms with Crippen LogP contribution in [0.5, 0.6) is 0 Å². The summed E-state index contributed by atoms with van der Waals surface area (Å²) in [7, 11) is 1.81. The first kappa shape index (κ1) is 12.1. The van der Waals surface area contributed by atoms with Gasteiger partial charge in [-0.05, 0) is 19.3 Å². The van der Waals surface area contributed by atoms with E-state index >= 15 is 0 Å². The highest BCUT2D eigenvalue weighted by Crippen LogP contribution is 2.26. The first-order valence-corrected chi connectivity index (χ1v) is 6.89. The lowest BCUT2D eigenvalue weighted by Gasteiger charge is -2.27. The van der Waals surface area contributed by atoms with Crippen LogP contribution in [0, 0.1) is 0 Å². The van der Waals surface area contributed by atoms with Crippen LogP contribution in [0.25, 0.3) is 11.2 Å². The molecule has 0 aliphatic heterocycles. The summed E-state index contributed by atoms with van der Waals surface area (Å²) in [4.78, 5) is 16.2. The fourth-order valence-corrected chi connectivity index (χ4v) is 2.26. The molecule has 108 valence electrons. The summed E-state index contributed by atoms with van der Waals surface area (Å²) < 4.78 is 1.61. The summed E-state index contributed by atoms with van der Waals surface area (Å²) in [5.41, 5.74) is 1.45. The van der Waals surface area contributed by atoms with Gasteiger partial charge in [0.1, 0.15) is 5.52 Å². The van der Waals surface area contributed by atoms with Gasteiger partial charge in [-0.2, -0.15) is 9.97 Å². The van der Waals surface area contributed by atoms with Gasteiger partial charge in [-0.3, -0.25) is 4.68 Å². The van der Waals surface area contributed by atoms with E-state index in [4.69, 9.17) is 0 Å². The van der Waals surface area contributed by atoms with Crippen LogP contribution in [0.15, 0.2) is 12.5 Å². The number of aryl methyl sites for hydroxylation is 1. The maximum absolute atomic E-state index is 4.52. The summed E-state index contributed by atoms with van der Waals surface area (Å²) >= 11 is 0. The first-order chi connectivity index (χ1) is 10.3. The zero-order valence-electron chi connectivity index (χ0n) is 11.5. The van der Waals surface area contributed by atoms with Gasteiger partial charge in [0.2, 0.25) is 5.95 Å². The summed E-state index contributed by atoms with van der Waals surface area (Å²) in [5, 5.41) is 14.3. The molecular formula is C12H15N9. The number of aromatic nitrogens is 7. The van der Waals surface area contributed by atoms with Crippen molar-refractivity contribution in [1.29, 1.82) is 0 Å². The van der Waals surface area contributed by atoms with Crippen LogP contribution in [0.2, 0.25) is 0 Å². The lowest BCUT2D eigenvalue weighted by Crippen LogP contribution is -2.27. The van der Waals surface area contributed by atoms with Crippen LogP contribution in [0.4, 0.5) is 17.6 Å². The maximum Gasteiger partial charge on any atom is 0.232 e. The molecule has 0 saturated heterocycles. The molecule has 0 amide bonds. The number of hydrogen-bond donors (Lipinski definition) is 3. The van der Waals surface area contributed by atoms with Crippen molar-refractivity contribution >= 4 is 28.7 Å². The fourth-order valence-electron chi connectivity index (χ4n) is 2.26. The highest BCUT2D eigenvalue weighted by atomic mass is 15.4. The van der Waals surface area contributed by atoms with Gasteiger partial charge in [0.05, 0.1) is 12.5 Å². The predicted molar refractivity (Wildman–Crippen MR) is 77.2 cm³/mol. The van der Waals surface area contributed by atoms with Crippen molar-refractivity contribution in [3.05, 3.63) is 12.5 Å². The molecule has 3 heterocycles. The minimum absolute atomic E-state index is 0.455. The van der Waals surface area contributed by atoms with Crippen molar-refractivity contribution in [2.75, 3.05) is 10.6 Å². The largest absolute Gasteiger partial charge is 0.365 e. The third-order valence-corrected chi connectivity index (χ3v) is 3.57. The molecule has 3 aromatic rings. The van der Waals surface area contributed by atoms with Crippen LogP contribution < -0.4 is 10.6 Å². The monoisotopic (exact) mass is 285 g/mol. The molecule has 1 aliphatic carbocycles. The number of hydrogen-bond acceptors (Lipinski definition) is 7. The average molecular weight is 285 g/mol. The molecule has 1 saturated carbocycles. The smallest absolute Gasteiger partial charge is 0.232 e. The minimum atomic E-state index is 0.455. The van der Waals surface area contributed by atoms with Crippen LogP contribution in [0.1, 0.15) is 19.3 Å². The summed E-state index contributed by atoms with van der Waals surface area (Å²) in [6, 6.07) is 0.482. The van der Waals surface area contributed by atoms with Crippen LogP contribution in [-0.2, 0) is 7.05 Å². The second-order valence-electron chi connectivity index (χ2n) is 5.17. The predicted octanol–water partition coefficient (Wildman–Crippen LogP) is 1.19. The number of H-pyrrole nitrogens is 1. The van der Waals surface area contributed by atoms with Crippen molar-refractivity contribution < 1.29 is 0 Å². The molecule has 0 atom stereocenters. The molecule has 0 spiro atoms. The van der Waals surface area contributed by atoms with E-state index in [1.807, 2.05) is 0 Å². The van der Waals surface area contributed by atoms with E-state index in [1.54, 1.807) is 24.3 Å². The highest BCUT2D eigenvalue weighted by Gasteiger charge is 2.20. The summed E-state index contributed by atoms with van der Waals surface area (Å²) in [5.74, 6) is 1.83. The Bertz CT molecular complexity index is 770. The zero-order chi connectivity index (χ0) is 14.2. The number of imidazole rings is 1. The quantitative estimate of drug-likeness (QED) is 0.660. The summed E-state index contributed by atoms with van der Waals surface area (Å²) in [6.07, 6.45) is 6.99. The van der Waals surface area contributed by atoms with E-state index in [-0.39, 0.29) is 0 Å². The number of nitrogens with one attached hydrogen (secondary N) is 3. The lowest BCUT2D eigenvalue weighted by atomic mass is 9.93. The molecule has 9 heteroatoms. The maximum atomic E-state index is 4.52. The third-order valence-electron chi connectivity index (χ3n) is 3.57. The van der Waals surface area contributed by atoms with Crippen LogP contribution >= 0.6 is 0 Å². The molecule has 0 unspecified atom stereocenters. The highest BCUT2D eigenvalue weighted by molar-refractivity contribution is 5.84. The Morgan fingerprint density at radius 1 is 1.33 bits per heavy atom. The van der Waals surface area contributed by atoms with Gasteiger partial charge in [-0.1, -0.05) is 5.21 Å². The molecular weight excluding hydrogens is 270 g/mol. The minimum Gasteiger partial charge on any atom is -0.365 e. The van der Waals surface area contributed by atoms with Gasteiger partial charge < -0.3 is 15.6 Å². The van der Waals surface area contributed by atoms with E-state index in [1.165, 1.54) is 19.3 Å². The van der Waals surface area contributed by atoms with Crippen molar-refractivity contribution in [3.8, 4) is 0 Å². The number of rotatable bonds is 4. The second-order valence-corrected chi connectivity index (χ2v) is 5.17. The molecule has 0 radical (unpaired) electrons. The molecule has 1 fully saturated rings. The average Bonchev–Trinajstić information content (AvgIpc) is 3.02. The molecule has 3 aromatic heterocycles. The Morgan fingerprint density at radius 2 is 2.24 bits per heavy atom. The molecule has 0 aromatic carbocycles. The number of anilines is 3. The van der Waals surface area contributed by atoms with Gasteiger partial charge in [0.25, 0.3) is 0 Å². The molecule has 21 heavy (non-hydrogen) atoms. The van der Waals surface area contributed by atoms with E-state index in [9.17, 15) is 0 Å². The normalized spacial score (nSPS) is 15.1. The number of nitrogens with zero attached hydrogens (tertiary/aromatic N) is 6. The van der Waals surface area contributed by atoms with Crippen LogP contribution in [-0.4, -0.2) is 41.0 Å². The van der Waals surface area contributed by atoms with Crippen molar-refractivity contribution in [3.63, 3.8) is 0 Å². The second kappa shape index (κ2) is 4.69. The number of fused-ring (bicyclic) bond motifs is 1. The molecule has 3 N–H and O–H groups in total. The van der Waals surface area contributed by atoms with E-state index < -0.39 is 0 Å². The lowest BCUT2D eigenvalue weighted by molar-refractivity contribution is 0.445. The van der Waals surface area contributed by atoms with Crippen molar-refractivity contribution in [2.45, 2.75) is 25.3 Å².